The fourth-order valence-corrected chi connectivity index (χ4v) is 1.44. The SMILES string of the molecule is CCCNC(=O)C(=O)N(C)CCc1ccncc1. The predicted octanol–water partition coefficient (Wildman–Crippen LogP) is 0.609. The molecule has 18 heavy (non-hydrogen) atoms. The van der Waals surface area contributed by atoms with Crippen LogP contribution in [0.5, 0.6) is 0 Å². The molecule has 1 N–H and O–H groups in total. The summed E-state index contributed by atoms with van der Waals surface area (Å²) in [6.07, 6.45) is 4.96. The van der Waals surface area contributed by atoms with Gasteiger partial charge < -0.3 is 10.2 Å². The van der Waals surface area contributed by atoms with E-state index in [2.05, 4.69) is 10.3 Å². The molecule has 0 unspecified atom stereocenters. The number of carbonyl (C=O) groups excluding carboxylic acids is 2. The maximum atomic E-state index is 11.7. The van der Waals surface area contributed by atoms with E-state index in [4.69, 9.17) is 0 Å². The Morgan fingerprint density at radius 3 is 2.61 bits per heavy atom. The summed E-state index contributed by atoms with van der Waals surface area (Å²) in [5.74, 6) is -1.02. The number of nitrogens with zero attached hydrogens (tertiary/aromatic N) is 2. The van der Waals surface area contributed by atoms with Crippen molar-refractivity contribution in [2.75, 3.05) is 20.1 Å². The molecule has 0 aliphatic carbocycles. The lowest BCUT2D eigenvalue weighted by Gasteiger charge is -2.16. The second-order valence-electron chi connectivity index (χ2n) is 4.09. The summed E-state index contributed by atoms with van der Waals surface area (Å²) >= 11 is 0. The molecule has 0 saturated carbocycles. The van der Waals surface area contributed by atoms with Gasteiger partial charge in [0.15, 0.2) is 0 Å². The van der Waals surface area contributed by atoms with Gasteiger partial charge in [-0.05, 0) is 30.5 Å². The van der Waals surface area contributed by atoms with Crippen LogP contribution in [-0.4, -0.2) is 41.8 Å². The summed E-state index contributed by atoms with van der Waals surface area (Å²) in [5.41, 5.74) is 1.10. The molecule has 1 rings (SSSR count). The summed E-state index contributed by atoms with van der Waals surface area (Å²) in [6, 6.07) is 3.80. The molecule has 1 heterocycles. The number of carbonyl (C=O) groups is 2. The van der Waals surface area contributed by atoms with Crippen LogP contribution >= 0.6 is 0 Å². The van der Waals surface area contributed by atoms with Crippen LogP contribution in [0.15, 0.2) is 24.5 Å². The highest BCUT2D eigenvalue weighted by Gasteiger charge is 2.17. The van der Waals surface area contributed by atoms with Crippen molar-refractivity contribution in [1.82, 2.24) is 15.2 Å². The highest BCUT2D eigenvalue weighted by Crippen LogP contribution is 1.99. The number of hydrogen-bond donors (Lipinski definition) is 1. The van der Waals surface area contributed by atoms with Gasteiger partial charge in [-0.25, -0.2) is 0 Å². The van der Waals surface area contributed by atoms with Gasteiger partial charge in [0.2, 0.25) is 0 Å². The first-order chi connectivity index (χ1) is 8.65. The Hall–Kier alpha value is -1.91. The molecule has 98 valence electrons. The van der Waals surface area contributed by atoms with Crippen LogP contribution in [-0.2, 0) is 16.0 Å². The van der Waals surface area contributed by atoms with Gasteiger partial charge >= 0.3 is 11.8 Å². The average Bonchev–Trinajstić information content (AvgIpc) is 2.42. The summed E-state index contributed by atoms with van der Waals surface area (Å²) in [6.45, 7) is 2.99. The van der Waals surface area contributed by atoms with Crippen molar-refractivity contribution in [2.45, 2.75) is 19.8 Å². The molecule has 5 heteroatoms. The third-order valence-corrected chi connectivity index (χ3v) is 2.56. The minimum atomic E-state index is -0.533. The summed E-state index contributed by atoms with van der Waals surface area (Å²) in [5, 5.41) is 2.57. The smallest absolute Gasteiger partial charge is 0.311 e. The lowest BCUT2D eigenvalue weighted by atomic mass is 10.2. The van der Waals surface area contributed by atoms with E-state index in [1.807, 2.05) is 19.1 Å². The summed E-state index contributed by atoms with van der Waals surface area (Å²) in [7, 11) is 1.63. The molecule has 2 amide bonds. The molecule has 0 aromatic carbocycles. The van der Waals surface area contributed by atoms with Crippen LogP contribution in [0.3, 0.4) is 0 Å². The van der Waals surface area contributed by atoms with Crippen molar-refractivity contribution in [3.63, 3.8) is 0 Å². The Bertz CT molecular complexity index is 392. The molecule has 0 saturated heterocycles. The van der Waals surface area contributed by atoms with Crippen LogP contribution in [0, 0.1) is 0 Å². The fraction of sp³-hybridized carbons (Fsp3) is 0.462. The van der Waals surface area contributed by atoms with E-state index in [1.54, 1.807) is 19.4 Å². The quantitative estimate of drug-likeness (QED) is 0.778. The molecule has 0 atom stereocenters. The molecule has 0 aliphatic rings. The van der Waals surface area contributed by atoms with E-state index in [0.29, 0.717) is 19.5 Å². The van der Waals surface area contributed by atoms with E-state index in [1.165, 1.54) is 4.90 Å². The zero-order valence-electron chi connectivity index (χ0n) is 10.8. The van der Waals surface area contributed by atoms with Gasteiger partial charge in [0, 0.05) is 32.5 Å². The van der Waals surface area contributed by atoms with Crippen LogP contribution in [0.1, 0.15) is 18.9 Å². The van der Waals surface area contributed by atoms with Gasteiger partial charge in [-0.3, -0.25) is 14.6 Å². The third kappa shape index (κ3) is 4.53. The van der Waals surface area contributed by atoms with E-state index in [9.17, 15) is 9.59 Å². The number of hydrogen-bond acceptors (Lipinski definition) is 3. The molecule has 0 spiro atoms. The van der Waals surface area contributed by atoms with Crippen molar-refractivity contribution in [2.24, 2.45) is 0 Å². The monoisotopic (exact) mass is 249 g/mol. The van der Waals surface area contributed by atoms with Gasteiger partial charge in [-0.2, -0.15) is 0 Å². The van der Waals surface area contributed by atoms with Crippen molar-refractivity contribution >= 4 is 11.8 Å². The number of pyridine rings is 1. The average molecular weight is 249 g/mol. The Balaban J connectivity index is 2.38. The van der Waals surface area contributed by atoms with Gasteiger partial charge in [-0.1, -0.05) is 6.92 Å². The molecule has 0 aliphatic heterocycles. The Kier molecular flexibility index (Phi) is 5.84. The standard InChI is InChI=1S/C13H19N3O2/c1-3-7-15-12(17)13(18)16(2)10-6-11-4-8-14-9-5-11/h4-5,8-9H,3,6-7,10H2,1-2H3,(H,15,17). The Labute approximate surface area is 107 Å². The van der Waals surface area contributed by atoms with E-state index in [0.717, 1.165) is 12.0 Å². The van der Waals surface area contributed by atoms with E-state index in [-0.39, 0.29) is 0 Å². The minimum absolute atomic E-state index is 0.488. The van der Waals surface area contributed by atoms with Crippen LogP contribution in [0.25, 0.3) is 0 Å². The summed E-state index contributed by atoms with van der Waals surface area (Å²) < 4.78 is 0. The maximum absolute atomic E-state index is 11.7. The van der Waals surface area contributed by atoms with Crippen molar-refractivity contribution < 1.29 is 9.59 Å². The van der Waals surface area contributed by atoms with E-state index >= 15 is 0 Å². The highest BCUT2D eigenvalue weighted by molar-refractivity contribution is 6.34. The number of rotatable bonds is 5. The van der Waals surface area contributed by atoms with Crippen molar-refractivity contribution in [1.29, 1.82) is 0 Å². The zero-order valence-corrected chi connectivity index (χ0v) is 10.8. The topological polar surface area (TPSA) is 62.3 Å². The second kappa shape index (κ2) is 7.42. The lowest BCUT2D eigenvalue weighted by Crippen LogP contribution is -2.42. The predicted molar refractivity (Wildman–Crippen MR) is 68.9 cm³/mol. The lowest BCUT2D eigenvalue weighted by molar-refractivity contribution is -0.144. The normalized spacial score (nSPS) is 9.89. The molecule has 1 aromatic rings. The molecule has 0 bridgehead atoms. The van der Waals surface area contributed by atoms with Gasteiger partial charge in [0.1, 0.15) is 0 Å². The first-order valence-corrected chi connectivity index (χ1v) is 6.07. The first kappa shape index (κ1) is 14.2. The van der Waals surface area contributed by atoms with Crippen molar-refractivity contribution in [3.8, 4) is 0 Å². The van der Waals surface area contributed by atoms with Crippen LogP contribution in [0.4, 0.5) is 0 Å². The number of aromatic nitrogens is 1. The van der Waals surface area contributed by atoms with E-state index < -0.39 is 11.8 Å². The number of likely N-dealkylation sites (N-methyl/N-ethyl adjacent to an activating group) is 1. The van der Waals surface area contributed by atoms with Crippen LogP contribution in [0.2, 0.25) is 0 Å². The van der Waals surface area contributed by atoms with Crippen molar-refractivity contribution in [3.05, 3.63) is 30.1 Å². The second-order valence-corrected chi connectivity index (χ2v) is 4.09. The van der Waals surface area contributed by atoms with Gasteiger partial charge in [-0.15, -0.1) is 0 Å². The zero-order chi connectivity index (χ0) is 13.4. The fourth-order valence-electron chi connectivity index (χ4n) is 1.44. The molecular formula is C13H19N3O2. The Morgan fingerprint density at radius 2 is 2.00 bits per heavy atom. The molecule has 5 nitrogen and oxygen atoms in total. The van der Waals surface area contributed by atoms with Gasteiger partial charge in [0.05, 0.1) is 0 Å². The maximum Gasteiger partial charge on any atom is 0.311 e. The molecule has 0 radical (unpaired) electrons. The molecule has 1 aromatic heterocycles. The molecule has 0 fully saturated rings. The highest BCUT2D eigenvalue weighted by atomic mass is 16.2. The third-order valence-electron chi connectivity index (χ3n) is 2.56. The number of nitrogens with one attached hydrogen (secondary N) is 1. The summed E-state index contributed by atoms with van der Waals surface area (Å²) in [4.78, 5) is 28.5. The van der Waals surface area contributed by atoms with Gasteiger partial charge in [0.25, 0.3) is 0 Å². The molecular weight excluding hydrogens is 230 g/mol. The largest absolute Gasteiger partial charge is 0.348 e. The number of amides is 2. The van der Waals surface area contributed by atoms with Crippen LogP contribution < -0.4 is 5.32 Å². The minimum Gasteiger partial charge on any atom is -0.348 e. The first-order valence-electron chi connectivity index (χ1n) is 6.07. The Morgan fingerprint density at radius 1 is 1.33 bits per heavy atom.